The minimum atomic E-state index is -0.0800. The van der Waals surface area contributed by atoms with Gasteiger partial charge in [0.25, 0.3) is 5.56 Å². The van der Waals surface area contributed by atoms with Crippen LogP contribution in [0.15, 0.2) is 4.79 Å². The highest BCUT2D eigenvalue weighted by Crippen LogP contribution is 2.20. The predicted molar refractivity (Wildman–Crippen MR) is 61.5 cm³/mol. The first kappa shape index (κ1) is 11.3. The van der Waals surface area contributed by atoms with Crippen LogP contribution in [-0.2, 0) is 17.6 Å². The van der Waals surface area contributed by atoms with E-state index in [-0.39, 0.29) is 11.7 Å². The third-order valence-corrected chi connectivity index (χ3v) is 3.00. The van der Waals surface area contributed by atoms with Crippen LogP contribution in [0.25, 0.3) is 0 Å². The zero-order valence-electron chi connectivity index (χ0n) is 9.88. The van der Waals surface area contributed by atoms with Gasteiger partial charge >= 0.3 is 0 Å². The van der Waals surface area contributed by atoms with Gasteiger partial charge < -0.3 is 9.72 Å². The lowest BCUT2D eigenvalue weighted by Gasteiger charge is -2.14. The molecule has 0 amide bonds. The molecule has 1 unspecified atom stereocenters. The van der Waals surface area contributed by atoms with E-state index in [0.717, 1.165) is 36.9 Å². The minimum absolute atomic E-state index is 0.0238. The Morgan fingerprint density at radius 2 is 2.25 bits per heavy atom. The predicted octanol–water partition coefficient (Wildman–Crippen LogP) is 1.75. The second kappa shape index (κ2) is 4.78. The Bertz CT molecular complexity index is 426. The molecule has 0 aromatic carbocycles. The van der Waals surface area contributed by atoms with Gasteiger partial charge in [-0.3, -0.25) is 4.79 Å². The number of aromatic nitrogens is 2. The van der Waals surface area contributed by atoms with Crippen molar-refractivity contribution in [3.05, 3.63) is 27.4 Å². The van der Waals surface area contributed by atoms with Gasteiger partial charge in [-0.1, -0.05) is 6.92 Å². The monoisotopic (exact) mass is 222 g/mol. The molecule has 0 saturated carbocycles. The van der Waals surface area contributed by atoms with Crippen molar-refractivity contribution in [2.45, 2.75) is 45.6 Å². The van der Waals surface area contributed by atoms with Gasteiger partial charge in [0.2, 0.25) is 0 Å². The summed E-state index contributed by atoms with van der Waals surface area (Å²) in [6.45, 7) is 4.63. The lowest BCUT2D eigenvalue weighted by atomic mass is 10.2. The standard InChI is InChI=1S/C12H18N2O2/c1-3-10(16-4-2)11-13-9-7-5-6-8(9)12(15)14-11/h10H,3-7H2,1-2H3,(H,13,14,15). The van der Waals surface area contributed by atoms with E-state index in [4.69, 9.17) is 4.74 Å². The molecule has 1 atom stereocenters. The highest BCUT2D eigenvalue weighted by Gasteiger charge is 2.20. The van der Waals surface area contributed by atoms with Crippen molar-refractivity contribution in [3.63, 3.8) is 0 Å². The molecule has 1 N–H and O–H groups in total. The van der Waals surface area contributed by atoms with Crippen LogP contribution in [-0.4, -0.2) is 16.6 Å². The molecular formula is C12H18N2O2. The molecule has 1 aliphatic carbocycles. The first-order chi connectivity index (χ1) is 7.76. The molecule has 16 heavy (non-hydrogen) atoms. The fraction of sp³-hybridized carbons (Fsp3) is 0.667. The Hall–Kier alpha value is -1.16. The quantitative estimate of drug-likeness (QED) is 0.844. The van der Waals surface area contributed by atoms with Gasteiger partial charge in [-0.2, -0.15) is 0 Å². The van der Waals surface area contributed by atoms with E-state index >= 15 is 0 Å². The molecule has 0 saturated heterocycles. The first-order valence-corrected chi connectivity index (χ1v) is 5.99. The third kappa shape index (κ3) is 2.02. The summed E-state index contributed by atoms with van der Waals surface area (Å²) in [4.78, 5) is 19.2. The van der Waals surface area contributed by atoms with Crippen molar-refractivity contribution in [2.75, 3.05) is 6.61 Å². The van der Waals surface area contributed by atoms with E-state index in [2.05, 4.69) is 9.97 Å². The fourth-order valence-corrected chi connectivity index (χ4v) is 2.20. The first-order valence-electron chi connectivity index (χ1n) is 5.99. The highest BCUT2D eigenvalue weighted by atomic mass is 16.5. The van der Waals surface area contributed by atoms with Gasteiger partial charge in [0.15, 0.2) is 0 Å². The maximum atomic E-state index is 11.8. The molecule has 1 aromatic heterocycles. The zero-order chi connectivity index (χ0) is 11.5. The van der Waals surface area contributed by atoms with Crippen molar-refractivity contribution in [1.82, 2.24) is 9.97 Å². The van der Waals surface area contributed by atoms with Gasteiger partial charge in [0.1, 0.15) is 11.9 Å². The molecule has 1 heterocycles. The summed E-state index contributed by atoms with van der Waals surface area (Å²) in [7, 11) is 0. The number of rotatable bonds is 4. The average molecular weight is 222 g/mol. The number of aromatic amines is 1. The minimum Gasteiger partial charge on any atom is -0.371 e. The summed E-state index contributed by atoms with van der Waals surface area (Å²) < 4.78 is 5.56. The van der Waals surface area contributed by atoms with Crippen molar-refractivity contribution < 1.29 is 4.74 Å². The van der Waals surface area contributed by atoms with E-state index in [1.807, 2.05) is 13.8 Å². The summed E-state index contributed by atoms with van der Waals surface area (Å²) in [5.41, 5.74) is 1.86. The average Bonchev–Trinajstić information content (AvgIpc) is 2.74. The smallest absolute Gasteiger partial charge is 0.254 e. The Kier molecular flexibility index (Phi) is 3.39. The van der Waals surface area contributed by atoms with E-state index in [0.29, 0.717) is 12.4 Å². The number of hydrogen-bond donors (Lipinski definition) is 1. The maximum absolute atomic E-state index is 11.8. The molecule has 1 aliphatic rings. The molecular weight excluding hydrogens is 204 g/mol. The van der Waals surface area contributed by atoms with E-state index < -0.39 is 0 Å². The van der Waals surface area contributed by atoms with Gasteiger partial charge in [-0.25, -0.2) is 4.98 Å². The summed E-state index contributed by atoms with van der Waals surface area (Å²) in [6.07, 6.45) is 3.58. The van der Waals surface area contributed by atoms with Crippen LogP contribution in [0.3, 0.4) is 0 Å². The number of nitrogens with one attached hydrogen (secondary N) is 1. The van der Waals surface area contributed by atoms with Crippen LogP contribution in [0, 0.1) is 0 Å². The molecule has 1 aromatic rings. The van der Waals surface area contributed by atoms with Crippen LogP contribution in [0.4, 0.5) is 0 Å². The van der Waals surface area contributed by atoms with E-state index in [9.17, 15) is 4.79 Å². The Balaban J connectivity index is 2.35. The Labute approximate surface area is 95.1 Å². The van der Waals surface area contributed by atoms with Gasteiger partial charge in [0, 0.05) is 12.2 Å². The number of aryl methyl sites for hydroxylation is 1. The van der Waals surface area contributed by atoms with Crippen molar-refractivity contribution >= 4 is 0 Å². The SMILES string of the molecule is CCOC(CC)c1nc2c(c(=O)[nH]1)CCC2. The maximum Gasteiger partial charge on any atom is 0.254 e. The van der Waals surface area contributed by atoms with Crippen LogP contribution < -0.4 is 5.56 Å². The Morgan fingerprint density at radius 3 is 2.94 bits per heavy atom. The molecule has 0 radical (unpaired) electrons. The zero-order valence-corrected chi connectivity index (χ0v) is 9.88. The second-order valence-electron chi connectivity index (χ2n) is 4.08. The van der Waals surface area contributed by atoms with Crippen molar-refractivity contribution in [3.8, 4) is 0 Å². The summed E-state index contributed by atoms with van der Waals surface area (Å²) in [6, 6.07) is 0. The van der Waals surface area contributed by atoms with E-state index in [1.165, 1.54) is 0 Å². The van der Waals surface area contributed by atoms with Gasteiger partial charge in [0.05, 0.1) is 5.69 Å². The summed E-state index contributed by atoms with van der Waals surface area (Å²) in [5.74, 6) is 0.690. The molecule has 4 nitrogen and oxygen atoms in total. The lowest BCUT2D eigenvalue weighted by Crippen LogP contribution is -2.20. The normalized spacial score (nSPS) is 16.1. The van der Waals surface area contributed by atoms with Crippen LogP contribution in [0.1, 0.15) is 49.9 Å². The molecule has 2 rings (SSSR count). The van der Waals surface area contributed by atoms with Gasteiger partial charge in [-0.15, -0.1) is 0 Å². The highest BCUT2D eigenvalue weighted by molar-refractivity contribution is 5.23. The van der Waals surface area contributed by atoms with Crippen LogP contribution in [0.2, 0.25) is 0 Å². The number of fused-ring (bicyclic) bond motifs is 1. The molecule has 88 valence electrons. The number of ether oxygens (including phenoxy) is 1. The van der Waals surface area contributed by atoms with Crippen molar-refractivity contribution in [1.29, 1.82) is 0 Å². The van der Waals surface area contributed by atoms with E-state index in [1.54, 1.807) is 0 Å². The largest absolute Gasteiger partial charge is 0.371 e. The van der Waals surface area contributed by atoms with Crippen LogP contribution in [0.5, 0.6) is 0 Å². The number of nitrogens with zero attached hydrogens (tertiary/aromatic N) is 1. The molecule has 0 fully saturated rings. The van der Waals surface area contributed by atoms with Crippen molar-refractivity contribution in [2.24, 2.45) is 0 Å². The molecule has 0 bridgehead atoms. The number of hydrogen-bond acceptors (Lipinski definition) is 3. The molecule has 0 aliphatic heterocycles. The second-order valence-corrected chi connectivity index (χ2v) is 4.08. The van der Waals surface area contributed by atoms with Gasteiger partial charge in [-0.05, 0) is 32.6 Å². The summed E-state index contributed by atoms with van der Waals surface area (Å²) >= 11 is 0. The molecule has 4 heteroatoms. The fourth-order valence-electron chi connectivity index (χ4n) is 2.20. The lowest BCUT2D eigenvalue weighted by molar-refractivity contribution is 0.0531. The summed E-state index contributed by atoms with van der Waals surface area (Å²) in [5, 5.41) is 0. The third-order valence-electron chi connectivity index (χ3n) is 3.00. The number of H-pyrrole nitrogens is 1. The Morgan fingerprint density at radius 1 is 1.44 bits per heavy atom. The van der Waals surface area contributed by atoms with Crippen LogP contribution >= 0.6 is 0 Å². The molecule has 0 spiro atoms. The topological polar surface area (TPSA) is 55.0 Å².